The summed E-state index contributed by atoms with van der Waals surface area (Å²) < 4.78 is 0. The molecule has 4 rings (SSSR count). The Hall–Kier alpha value is -2.57. The van der Waals surface area contributed by atoms with Gasteiger partial charge in [0.25, 0.3) is 5.91 Å². The number of hydrogen-bond acceptors (Lipinski definition) is 4. The van der Waals surface area contributed by atoms with Gasteiger partial charge in [-0.1, -0.05) is 23.7 Å². The number of aliphatic hydroxyl groups is 1. The average Bonchev–Trinajstić information content (AvgIpc) is 3.19. The third-order valence-electron chi connectivity index (χ3n) is 4.76. The molecule has 1 aliphatic rings. The first-order valence-corrected chi connectivity index (χ1v) is 8.35. The van der Waals surface area contributed by atoms with E-state index >= 15 is 0 Å². The summed E-state index contributed by atoms with van der Waals surface area (Å²) in [6.07, 6.45) is 0.483. The van der Waals surface area contributed by atoms with Gasteiger partial charge < -0.3 is 15.7 Å². The Kier molecular flexibility index (Phi) is 3.67. The Morgan fingerprint density at radius 3 is 2.80 bits per heavy atom. The van der Waals surface area contributed by atoms with Crippen molar-refractivity contribution in [3.05, 3.63) is 58.6 Å². The molecule has 4 N–H and O–H groups in total. The van der Waals surface area contributed by atoms with Gasteiger partial charge in [0.05, 0.1) is 12.1 Å². The van der Waals surface area contributed by atoms with Gasteiger partial charge in [-0.3, -0.25) is 9.89 Å². The number of carbonyl (C=O) groups is 1. The van der Waals surface area contributed by atoms with E-state index in [9.17, 15) is 9.90 Å². The van der Waals surface area contributed by atoms with Crippen LogP contribution in [0.5, 0.6) is 0 Å². The molecule has 1 aromatic heterocycles. The molecule has 1 amide bonds. The number of nitrogens with one attached hydrogen (secondary N) is 1. The average molecular weight is 357 g/mol. The first-order valence-electron chi connectivity index (χ1n) is 7.98. The SMILES string of the molecule is Nc1n[nH]c2ccc(C(=O)N3CCC(O)(c4ccc(Cl)cc4)C3)cc12. The molecule has 1 atom stereocenters. The van der Waals surface area contributed by atoms with Gasteiger partial charge in [0.2, 0.25) is 0 Å². The van der Waals surface area contributed by atoms with Gasteiger partial charge in [0.15, 0.2) is 5.82 Å². The van der Waals surface area contributed by atoms with Crippen molar-refractivity contribution < 1.29 is 9.90 Å². The number of hydrogen-bond donors (Lipinski definition) is 3. The van der Waals surface area contributed by atoms with Crippen molar-refractivity contribution >= 4 is 34.2 Å². The van der Waals surface area contributed by atoms with E-state index in [1.54, 1.807) is 47.4 Å². The van der Waals surface area contributed by atoms with E-state index in [0.717, 1.165) is 16.5 Å². The molecule has 0 spiro atoms. The quantitative estimate of drug-likeness (QED) is 0.657. The lowest BCUT2D eigenvalue weighted by Crippen LogP contribution is -2.34. The number of nitrogen functional groups attached to an aromatic ring is 1. The fourth-order valence-electron chi connectivity index (χ4n) is 3.31. The second-order valence-electron chi connectivity index (χ2n) is 6.38. The normalized spacial score (nSPS) is 20.3. The zero-order valence-corrected chi connectivity index (χ0v) is 14.1. The summed E-state index contributed by atoms with van der Waals surface area (Å²) in [5, 5.41) is 19.0. The maximum Gasteiger partial charge on any atom is 0.253 e. The third-order valence-corrected chi connectivity index (χ3v) is 5.01. The number of H-pyrrole nitrogens is 1. The summed E-state index contributed by atoms with van der Waals surface area (Å²) >= 11 is 5.91. The highest BCUT2D eigenvalue weighted by Crippen LogP contribution is 2.33. The van der Waals surface area contributed by atoms with Crippen LogP contribution < -0.4 is 5.73 Å². The molecule has 1 aliphatic heterocycles. The number of rotatable bonds is 2. The number of halogens is 1. The Bertz CT molecular complexity index is 953. The van der Waals surface area contributed by atoms with Crippen molar-refractivity contribution in [2.75, 3.05) is 18.8 Å². The maximum atomic E-state index is 12.8. The number of fused-ring (bicyclic) bond motifs is 1. The monoisotopic (exact) mass is 356 g/mol. The number of likely N-dealkylation sites (tertiary alicyclic amines) is 1. The molecule has 3 aromatic rings. The van der Waals surface area contributed by atoms with Gasteiger partial charge in [-0.15, -0.1) is 0 Å². The number of aromatic amines is 1. The highest BCUT2D eigenvalue weighted by molar-refractivity contribution is 6.30. The standard InChI is InChI=1S/C18H17ClN4O2/c19-13-4-2-12(3-5-13)18(25)7-8-23(10-18)17(24)11-1-6-15-14(9-11)16(20)22-21-15/h1-6,9,25H,7-8,10H2,(H3,20,21,22). The Balaban J connectivity index is 1.58. The van der Waals surface area contributed by atoms with Crippen molar-refractivity contribution in [3.63, 3.8) is 0 Å². The van der Waals surface area contributed by atoms with Crippen LogP contribution in [-0.2, 0) is 5.60 Å². The van der Waals surface area contributed by atoms with Crippen LogP contribution in [0.2, 0.25) is 5.02 Å². The predicted octanol–water partition coefficient (Wildman–Crippen LogP) is 2.53. The largest absolute Gasteiger partial charge is 0.383 e. The lowest BCUT2D eigenvalue weighted by Gasteiger charge is -2.24. The van der Waals surface area contributed by atoms with E-state index in [1.807, 2.05) is 0 Å². The van der Waals surface area contributed by atoms with Crippen LogP contribution in [0, 0.1) is 0 Å². The zero-order chi connectivity index (χ0) is 17.6. The van der Waals surface area contributed by atoms with Gasteiger partial charge in [-0.2, -0.15) is 5.10 Å². The van der Waals surface area contributed by atoms with Crippen LogP contribution in [0.4, 0.5) is 5.82 Å². The maximum absolute atomic E-state index is 12.8. The van der Waals surface area contributed by atoms with Crippen molar-refractivity contribution in [2.24, 2.45) is 0 Å². The Morgan fingerprint density at radius 2 is 2.04 bits per heavy atom. The minimum absolute atomic E-state index is 0.132. The second-order valence-corrected chi connectivity index (χ2v) is 6.82. The molecule has 7 heteroatoms. The summed E-state index contributed by atoms with van der Waals surface area (Å²) in [7, 11) is 0. The molecular weight excluding hydrogens is 340 g/mol. The van der Waals surface area contributed by atoms with Crippen molar-refractivity contribution in [2.45, 2.75) is 12.0 Å². The first-order chi connectivity index (χ1) is 12.0. The Morgan fingerprint density at radius 1 is 1.28 bits per heavy atom. The van der Waals surface area contributed by atoms with Crippen molar-refractivity contribution in [3.8, 4) is 0 Å². The van der Waals surface area contributed by atoms with E-state index < -0.39 is 5.60 Å². The number of nitrogens with two attached hydrogens (primary N) is 1. The van der Waals surface area contributed by atoms with E-state index in [4.69, 9.17) is 17.3 Å². The van der Waals surface area contributed by atoms with Crippen molar-refractivity contribution in [1.29, 1.82) is 0 Å². The van der Waals surface area contributed by atoms with Gasteiger partial charge in [-0.25, -0.2) is 0 Å². The van der Waals surface area contributed by atoms with E-state index in [0.29, 0.717) is 29.4 Å². The second kappa shape index (κ2) is 5.75. The molecule has 128 valence electrons. The van der Waals surface area contributed by atoms with E-state index in [2.05, 4.69) is 10.2 Å². The summed E-state index contributed by atoms with van der Waals surface area (Å²) in [6, 6.07) is 12.3. The Labute approximate surface area is 149 Å². The highest BCUT2D eigenvalue weighted by atomic mass is 35.5. The smallest absolute Gasteiger partial charge is 0.253 e. The fourth-order valence-corrected chi connectivity index (χ4v) is 3.44. The molecule has 2 heterocycles. The molecule has 2 aromatic carbocycles. The van der Waals surface area contributed by atoms with Crippen LogP contribution >= 0.6 is 11.6 Å². The molecule has 1 saturated heterocycles. The number of β-amino-alcohol motifs (C(OH)–C–C–N with tert-alkyl or cyclic N) is 1. The van der Waals surface area contributed by atoms with Crippen LogP contribution in [0.1, 0.15) is 22.3 Å². The molecule has 0 bridgehead atoms. The van der Waals surface area contributed by atoms with Gasteiger partial charge in [0, 0.05) is 22.5 Å². The number of benzene rings is 2. The highest BCUT2D eigenvalue weighted by Gasteiger charge is 2.39. The first kappa shape index (κ1) is 15.9. The van der Waals surface area contributed by atoms with Crippen LogP contribution in [0.25, 0.3) is 10.9 Å². The number of nitrogens with zero attached hydrogens (tertiary/aromatic N) is 2. The summed E-state index contributed by atoms with van der Waals surface area (Å²) in [6.45, 7) is 0.725. The van der Waals surface area contributed by atoms with Crippen molar-refractivity contribution in [1.82, 2.24) is 15.1 Å². The van der Waals surface area contributed by atoms with Gasteiger partial charge in [0.1, 0.15) is 5.60 Å². The van der Waals surface area contributed by atoms with Crippen LogP contribution in [0.3, 0.4) is 0 Å². The molecular formula is C18H17ClN4O2. The van der Waals surface area contributed by atoms with Gasteiger partial charge in [-0.05, 0) is 42.3 Å². The number of aromatic nitrogens is 2. The third kappa shape index (κ3) is 2.73. The topological polar surface area (TPSA) is 95.2 Å². The predicted molar refractivity (Wildman–Crippen MR) is 96.4 cm³/mol. The zero-order valence-electron chi connectivity index (χ0n) is 13.4. The lowest BCUT2D eigenvalue weighted by atomic mass is 9.93. The van der Waals surface area contributed by atoms with Crippen LogP contribution in [-0.4, -0.2) is 39.2 Å². The lowest BCUT2D eigenvalue weighted by molar-refractivity contribution is 0.0417. The van der Waals surface area contributed by atoms with E-state index in [-0.39, 0.29) is 12.5 Å². The minimum atomic E-state index is -1.06. The molecule has 0 saturated carbocycles. The molecule has 1 unspecified atom stereocenters. The molecule has 0 radical (unpaired) electrons. The molecule has 25 heavy (non-hydrogen) atoms. The van der Waals surface area contributed by atoms with Crippen LogP contribution in [0.15, 0.2) is 42.5 Å². The minimum Gasteiger partial charge on any atom is -0.383 e. The van der Waals surface area contributed by atoms with Gasteiger partial charge >= 0.3 is 0 Å². The summed E-state index contributed by atoms with van der Waals surface area (Å²) in [5.74, 6) is 0.233. The molecule has 1 fully saturated rings. The van der Waals surface area contributed by atoms with E-state index in [1.165, 1.54) is 0 Å². The number of anilines is 1. The number of amides is 1. The fraction of sp³-hybridized carbons (Fsp3) is 0.222. The summed E-state index contributed by atoms with van der Waals surface area (Å²) in [4.78, 5) is 14.5. The summed E-state index contributed by atoms with van der Waals surface area (Å²) in [5.41, 5.74) is 6.83. The number of carbonyl (C=O) groups excluding carboxylic acids is 1. The molecule has 6 nitrogen and oxygen atoms in total. The molecule has 0 aliphatic carbocycles.